The summed E-state index contributed by atoms with van der Waals surface area (Å²) < 4.78 is 31.3. The number of carbonyl (C=O) groups excluding carboxylic acids is 2. The largest absolute Gasteiger partial charge is 0.369 e. The Bertz CT molecular complexity index is 1420. The fraction of sp³-hybridized carbons (Fsp3) is 0.528. The van der Waals surface area contributed by atoms with Gasteiger partial charge in [-0.2, -0.15) is 0 Å². The first-order chi connectivity index (χ1) is 20.8. The molecule has 8 heteroatoms. The predicted octanol–water partition coefficient (Wildman–Crippen LogP) is 7.43. The van der Waals surface area contributed by atoms with E-state index in [4.69, 9.17) is 5.73 Å². The van der Waals surface area contributed by atoms with Gasteiger partial charge in [0.2, 0.25) is 5.91 Å². The molecule has 44 heavy (non-hydrogen) atoms. The fourth-order valence-electron chi connectivity index (χ4n) is 6.94. The molecule has 0 saturated carbocycles. The van der Waals surface area contributed by atoms with Crippen molar-refractivity contribution in [1.29, 1.82) is 0 Å². The molecule has 5 aliphatic rings. The second-order valence-electron chi connectivity index (χ2n) is 13.1. The number of nitrogens with two attached hydrogens (primary N) is 1. The van der Waals surface area contributed by atoms with Crippen LogP contribution >= 0.6 is 0 Å². The monoisotopic (exact) mass is 606 g/mol. The van der Waals surface area contributed by atoms with Crippen molar-refractivity contribution in [3.05, 3.63) is 76.4 Å². The lowest BCUT2D eigenvalue weighted by atomic mass is 9.71. The van der Waals surface area contributed by atoms with Gasteiger partial charge in [-0.3, -0.25) is 14.5 Å². The summed E-state index contributed by atoms with van der Waals surface area (Å²) in [6.07, 6.45) is 9.92. The van der Waals surface area contributed by atoms with E-state index in [-0.39, 0.29) is 52.9 Å². The molecule has 4 unspecified atom stereocenters. The summed E-state index contributed by atoms with van der Waals surface area (Å²) in [7, 11) is 0. The van der Waals surface area contributed by atoms with Gasteiger partial charge in [0.1, 0.15) is 0 Å². The van der Waals surface area contributed by atoms with Crippen molar-refractivity contribution in [1.82, 2.24) is 10.2 Å². The first-order valence-corrected chi connectivity index (χ1v) is 16.0. The summed E-state index contributed by atoms with van der Waals surface area (Å²) in [6, 6.07) is 4.90. The molecule has 1 aromatic rings. The number of amides is 2. The van der Waals surface area contributed by atoms with Crippen LogP contribution in [0, 0.1) is 11.3 Å². The van der Waals surface area contributed by atoms with Crippen LogP contribution in [-0.4, -0.2) is 40.7 Å². The highest BCUT2D eigenvalue weighted by molar-refractivity contribution is 5.99. The minimum Gasteiger partial charge on any atom is -0.369 e. The average molecular weight is 607 g/mol. The molecule has 6 nitrogen and oxygen atoms in total. The van der Waals surface area contributed by atoms with E-state index in [9.17, 15) is 9.59 Å². The summed E-state index contributed by atoms with van der Waals surface area (Å²) in [6.45, 7) is 16.1. The molecule has 2 aliphatic carbocycles. The molecule has 2 amide bonds. The van der Waals surface area contributed by atoms with Gasteiger partial charge in [0.25, 0.3) is 11.8 Å². The summed E-state index contributed by atoms with van der Waals surface area (Å²) in [4.78, 5) is 32.6. The van der Waals surface area contributed by atoms with E-state index in [1.54, 1.807) is 0 Å². The second-order valence-corrected chi connectivity index (χ2v) is 13.1. The number of rotatable bonds is 2. The van der Waals surface area contributed by atoms with Crippen LogP contribution in [-0.2, 0) is 16.0 Å². The molecule has 0 radical (unpaired) electrons. The maximum absolute atomic E-state index is 15.7. The number of hydrogen-bond acceptors (Lipinski definition) is 4. The van der Waals surface area contributed by atoms with Gasteiger partial charge < -0.3 is 11.1 Å². The number of allylic oxidation sites excluding steroid dienone is 3. The molecule has 0 fully saturated rings. The highest BCUT2D eigenvalue weighted by Gasteiger charge is 2.51. The molecule has 1 aromatic carbocycles. The van der Waals surface area contributed by atoms with Crippen molar-refractivity contribution in [3.8, 4) is 0 Å². The van der Waals surface area contributed by atoms with E-state index < -0.39 is 24.3 Å². The number of aliphatic imine (C=N–C) groups is 1. The van der Waals surface area contributed by atoms with E-state index in [1.807, 2.05) is 33.8 Å². The number of benzene rings is 1. The van der Waals surface area contributed by atoms with Gasteiger partial charge in [0, 0.05) is 24.0 Å². The Hall–Kier alpha value is -3.55. The minimum absolute atomic E-state index is 0.00564. The SMILES string of the molecule is C=C1/C=C\C2=C(C(C)CC)C(CC2(F)F)N2C(=O)CC(CC/C=C\c3ccc4c(c3)C(CC(C)(C)C4)NC1=O)N=C2N.CC. The molecule has 3 aliphatic heterocycles. The van der Waals surface area contributed by atoms with Crippen LogP contribution < -0.4 is 11.1 Å². The standard InChI is InChI=1S/C34H42F2N4O2.C2H6/c1-6-20(2)30-26-14-11-21(3)31(42)39-27-18-33(4,5)17-23-13-12-22(15-25(23)27)9-7-8-10-24-16-29(41)40(32(37)38-24)28(30)19-34(26,35)36;1-2/h7,9,11-15,20,24,27-28H,3,6,8,10,16-19H2,1-2,4-5H3,(H2,37,38)(H,39,42);1-2H3/b9-7-,14-11-;. The maximum atomic E-state index is 15.7. The van der Waals surface area contributed by atoms with Gasteiger partial charge in [-0.05, 0) is 77.8 Å². The third kappa shape index (κ3) is 6.89. The first kappa shape index (κ1) is 33.3. The van der Waals surface area contributed by atoms with Crippen molar-refractivity contribution >= 4 is 23.8 Å². The number of alkyl halides is 2. The molecule has 3 heterocycles. The van der Waals surface area contributed by atoms with Crippen LogP contribution in [0.4, 0.5) is 8.78 Å². The minimum atomic E-state index is -3.21. The lowest BCUT2D eigenvalue weighted by molar-refractivity contribution is -0.130. The number of hydrogen-bond donors (Lipinski definition) is 2. The highest BCUT2D eigenvalue weighted by atomic mass is 19.3. The second kappa shape index (κ2) is 13.2. The predicted molar refractivity (Wildman–Crippen MR) is 174 cm³/mol. The van der Waals surface area contributed by atoms with E-state index in [1.165, 1.54) is 22.6 Å². The Labute approximate surface area is 261 Å². The van der Waals surface area contributed by atoms with Gasteiger partial charge in [-0.25, -0.2) is 13.8 Å². The van der Waals surface area contributed by atoms with Gasteiger partial charge in [0.15, 0.2) is 5.96 Å². The van der Waals surface area contributed by atoms with Gasteiger partial charge in [-0.15, -0.1) is 0 Å². The Morgan fingerprint density at radius 2 is 1.89 bits per heavy atom. The molecule has 6 bridgehead atoms. The quantitative estimate of drug-likeness (QED) is 0.343. The maximum Gasteiger partial charge on any atom is 0.275 e. The van der Waals surface area contributed by atoms with Crippen LogP contribution in [0.3, 0.4) is 0 Å². The van der Waals surface area contributed by atoms with Gasteiger partial charge in [0.05, 0.1) is 18.1 Å². The fourth-order valence-corrected chi connectivity index (χ4v) is 6.94. The van der Waals surface area contributed by atoms with Crippen LogP contribution in [0.2, 0.25) is 0 Å². The topological polar surface area (TPSA) is 87.8 Å². The molecule has 4 atom stereocenters. The summed E-state index contributed by atoms with van der Waals surface area (Å²) in [5, 5.41) is 3.14. The van der Waals surface area contributed by atoms with E-state index >= 15 is 8.78 Å². The molecule has 0 spiro atoms. The van der Waals surface area contributed by atoms with Crippen LogP contribution in [0.1, 0.15) is 103 Å². The van der Waals surface area contributed by atoms with Gasteiger partial charge >= 0.3 is 0 Å². The Kier molecular flexibility index (Phi) is 10.0. The molecular formula is C36H48F2N4O2. The zero-order chi connectivity index (χ0) is 32.4. The average Bonchev–Trinajstić information content (AvgIpc) is 3.22. The third-order valence-corrected chi connectivity index (χ3v) is 9.21. The lowest BCUT2D eigenvalue weighted by Gasteiger charge is -2.37. The number of guanidine groups is 1. The van der Waals surface area contributed by atoms with Crippen molar-refractivity contribution in [2.45, 2.75) is 111 Å². The summed E-state index contributed by atoms with van der Waals surface area (Å²) >= 11 is 0. The molecule has 3 N–H and O–H groups in total. The number of nitrogens with zero attached hydrogens (tertiary/aromatic N) is 2. The number of carbonyl (C=O) groups is 2. The lowest BCUT2D eigenvalue weighted by Crippen LogP contribution is -2.53. The normalized spacial score (nSPS) is 28.4. The van der Waals surface area contributed by atoms with Crippen LogP contribution in [0.5, 0.6) is 0 Å². The smallest absolute Gasteiger partial charge is 0.275 e. The number of halogens is 2. The van der Waals surface area contributed by atoms with Crippen LogP contribution in [0.15, 0.2) is 64.7 Å². The van der Waals surface area contributed by atoms with E-state index in [0.717, 1.165) is 24.0 Å². The third-order valence-electron chi connectivity index (χ3n) is 9.21. The molecule has 238 valence electrons. The number of fused-ring (bicyclic) bond motifs is 6. The Morgan fingerprint density at radius 3 is 2.57 bits per heavy atom. The first-order valence-electron chi connectivity index (χ1n) is 16.0. The molecule has 0 aromatic heterocycles. The zero-order valence-corrected chi connectivity index (χ0v) is 27.1. The zero-order valence-electron chi connectivity index (χ0n) is 27.1. The van der Waals surface area contributed by atoms with E-state index in [2.05, 4.69) is 55.0 Å². The molecule has 0 saturated heterocycles. The van der Waals surface area contributed by atoms with Crippen molar-refractivity contribution in [2.75, 3.05) is 0 Å². The Morgan fingerprint density at radius 1 is 1.16 bits per heavy atom. The van der Waals surface area contributed by atoms with Crippen molar-refractivity contribution in [2.24, 2.45) is 22.1 Å². The number of nitrogens with one attached hydrogen (secondary N) is 1. The van der Waals surface area contributed by atoms with Crippen molar-refractivity contribution < 1.29 is 18.4 Å². The summed E-state index contributed by atoms with van der Waals surface area (Å²) in [5.74, 6) is -4.13. The van der Waals surface area contributed by atoms with E-state index in [0.29, 0.717) is 24.8 Å². The molecular weight excluding hydrogens is 558 g/mol. The van der Waals surface area contributed by atoms with Gasteiger partial charge in [-0.1, -0.05) is 78.5 Å². The Balaban J connectivity index is 0.00000216. The van der Waals surface area contributed by atoms with Crippen LogP contribution in [0.25, 0.3) is 6.08 Å². The molecule has 6 rings (SSSR count). The highest BCUT2D eigenvalue weighted by Crippen LogP contribution is 2.47. The van der Waals surface area contributed by atoms with Crippen molar-refractivity contribution in [3.63, 3.8) is 0 Å². The summed E-state index contributed by atoms with van der Waals surface area (Å²) in [5.41, 5.74) is 9.96.